The number of H-pyrrole nitrogens is 1. The normalized spacial score (nSPS) is 33.1. The molecule has 2 rings (SSSR count). The third-order valence-electron chi connectivity index (χ3n) is 3.01. The summed E-state index contributed by atoms with van der Waals surface area (Å²) in [6, 6.07) is 0. The first kappa shape index (κ1) is 9.45. The van der Waals surface area contributed by atoms with E-state index in [1.165, 1.54) is 6.42 Å². The van der Waals surface area contributed by atoms with Crippen LogP contribution in [0.4, 0.5) is 5.95 Å². The van der Waals surface area contributed by atoms with Crippen molar-refractivity contribution in [1.82, 2.24) is 15.2 Å². The molecule has 1 aromatic rings. The first-order valence-electron chi connectivity index (χ1n) is 5.07. The van der Waals surface area contributed by atoms with Gasteiger partial charge in [0, 0.05) is 0 Å². The molecule has 1 aliphatic carbocycles. The van der Waals surface area contributed by atoms with E-state index in [2.05, 4.69) is 22.1 Å². The van der Waals surface area contributed by atoms with Gasteiger partial charge in [-0.25, -0.2) is 0 Å². The fourth-order valence-electron chi connectivity index (χ4n) is 2.30. The summed E-state index contributed by atoms with van der Waals surface area (Å²) < 4.78 is 0. The van der Waals surface area contributed by atoms with Crippen molar-refractivity contribution in [1.29, 1.82) is 0 Å². The Morgan fingerprint density at radius 3 is 2.93 bits per heavy atom. The second kappa shape index (κ2) is 3.24. The lowest BCUT2D eigenvalue weighted by atomic mass is 9.76. The summed E-state index contributed by atoms with van der Waals surface area (Å²) in [4.78, 5) is 4.13. The Balaban J connectivity index is 2.22. The van der Waals surface area contributed by atoms with Gasteiger partial charge in [0.25, 0.3) is 0 Å². The van der Waals surface area contributed by atoms with Crippen molar-refractivity contribution in [3.63, 3.8) is 0 Å². The number of anilines is 1. The van der Waals surface area contributed by atoms with Crippen molar-refractivity contribution in [2.24, 2.45) is 11.7 Å². The van der Waals surface area contributed by atoms with Crippen LogP contribution in [0.5, 0.6) is 0 Å². The molecule has 0 radical (unpaired) electrons. The van der Waals surface area contributed by atoms with Crippen LogP contribution in [0, 0.1) is 5.92 Å². The lowest BCUT2D eigenvalue weighted by Gasteiger charge is -2.34. The largest absolute Gasteiger partial charge is 0.367 e. The summed E-state index contributed by atoms with van der Waals surface area (Å²) in [6.07, 6.45) is 4.33. The number of hydrogen-bond acceptors (Lipinski definition) is 4. The molecule has 0 amide bonds. The van der Waals surface area contributed by atoms with Crippen LogP contribution in [-0.2, 0) is 5.54 Å². The van der Waals surface area contributed by atoms with Gasteiger partial charge in [0.05, 0.1) is 5.54 Å². The van der Waals surface area contributed by atoms with E-state index in [4.69, 9.17) is 11.5 Å². The van der Waals surface area contributed by atoms with Crippen molar-refractivity contribution in [2.75, 3.05) is 5.73 Å². The Bertz CT molecular complexity index is 321. The van der Waals surface area contributed by atoms with Gasteiger partial charge in [0.1, 0.15) is 5.82 Å². The summed E-state index contributed by atoms with van der Waals surface area (Å²) in [7, 11) is 0. The average molecular weight is 195 g/mol. The highest BCUT2D eigenvalue weighted by molar-refractivity contribution is 5.17. The maximum absolute atomic E-state index is 6.29. The number of hydrogen-bond donors (Lipinski definition) is 3. The van der Waals surface area contributed by atoms with Crippen LogP contribution in [0.25, 0.3) is 0 Å². The Labute approximate surface area is 83.3 Å². The molecule has 1 saturated carbocycles. The Kier molecular flexibility index (Phi) is 2.19. The molecule has 0 aromatic carbocycles. The maximum Gasteiger partial charge on any atom is 0.239 e. The first-order valence-corrected chi connectivity index (χ1v) is 5.07. The van der Waals surface area contributed by atoms with Gasteiger partial charge in [0.2, 0.25) is 5.95 Å². The molecule has 1 aliphatic rings. The van der Waals surface area contributed by atoms with Crippen LogP contribution >= 0.6 is 0 Å². The molecular weight excluding hydrogens is 178 g/mol. The van der Waals surface area contributed by atoms with Gasteiger partial charge in [-0.2, -0.15) is 4.98 Å². The summed E-state index contributed by atoms with van der Waals surface area (Å²) in [5.74, 6) is 1.67. The number of nitrogens with two attached hydrogens (primary N) is 2. The summed E-state index contributed by atoms with van der Waals surface area (Å²) in [5, 5.41) is 6.65. The molecule has 14 heavy (non-hydrogen) atoms. The Hall–Kier alpha value is -1.10. The SMILES string of the molecule is CC1CCCC(N)(c2nc(N)n[nH]2)C1. The highest BCUT2D eigenvalue weighted by atomic mass is 15.3. The number of aromatic nitrogens is 3. The summed E-state index contributed by atoms with van der Waals surface area (Å²) >= 11 is 0. The molecule has 5 N–H and O–H groups in total. The third kappa shape index (κ3) is 1.59. The smallest absolute Gasteiger partial charge is 0.239 e. The molecule has 2 atom stereocenters. The topological polar surface area (TPSA) is 93.6 Å². The van der Waals surface area contributed by atoms with Crippen molar-refractivity contribution in [3.05, 3.63) is 5.82 Å². The number of nitrogen functional groups attached to an aromatic ring is 1. The monoisotopic (exact) mass is 195 g/mol. The minimum absolute atomic E-state index is 0.281. The van der Waals surface area contributed by atoms with Gasteiger partial charge in [-0.3, -0.25) is 5.10 Å². The van der Waals surface area contributed by atoms with E-state index < -0.39 is 0 Å². The van der Waals surface area contributed by atoms with Gasteiger partial charge >= 0.3 is 0 Å². The number of aromatic amines is 1. The second-order valence-electron chi connectivity index (χ2n) is 4.40. The molecule has 1 fully saturated rings. The number of nitrogens with zero attached hydrogens (tertiary/aromatic N) is 2. The molecule has 0 saturated heterocycles. The third-order valence-corrected chi connectivity index (χ3v) is 3.01. The quantitative estimate of drug-likeness (QED) is 0.616. The standard InChI is InChI=1S/C9H17N5/c1-6-3-2-4-9(11,5-6)7-12-8(10)14-13-7/h6H,2-5,11H2,1H3,(H3,10,12,13,14). The molecule has 5 nitrogen and oxygen atoms in total. The number of nitrogens with one attached hydrogen (secondary N) is 1. The van der Waals surface area contributed by atoms with E-state index in [9.17, 15) is 0 Å². The molecule has 0 spiro atoms. The molecule has 1 aromatic heterocycles. The fraction of sp³-hybridized carbons (Fsp3) is 0.778. The zero-order valence-corrected chi connectivity index (χ0v) is 8.45. The van der Waals surface area contributed by atoms with Crippen molar-refractivity contribution >= 4 is 5.95 Å². The Morgan fingerprint density at radius 2 is 2.36 bits per heavy atom. The second-order valence-corrected chi connectivity index (χ2v) is 4.40. The van der Waals surface area contributed by atoms with Crippen LogP contribution in [-0.4, -0.2) is 15.2 Å². The van der Waals surface area contributed by atoms with Crippen LogP contribution in [0.15, 0.2) is 0 Å². The summed E-state index contributed by atoms with van der Waals surface area (Å²) in [5.41, 5.74) is 11.4. The van der Waals surface area contributed by atoms with E-state index in [1.54, 1.807) is 0 Å². The fourth-order valence-corrected chi connectivity index (χ4v) is 2.30. The highest BCUT2D eigenvalue weighted by Crippen LogP contribution is 2.36. The van der Waals surface area contributed by atoms with Gasteiger partial charge < -0.3 is 11.5 Å². The molecule has 0 bridgehead atoms. The van der Waals surface area contributed by atoms with E-state index in [1.807, 2.05) is 0 Å². The lowest BCUT2D eigenvalue weighted by Crippen LogP contribution is -2.42. The van der Waals surface area contributed by atoms with Crippen LogP contribution in [0.1, 0.15) is 38.4 Å². The van der Waals surface area contributed by atoms with Gasteiger partial charge in [-0.1, -0.05) is 19.8 Å². The Morgan fingerprint density at radius 1 is 1.57 bits per heavy atom. The first-order chi connectivity index (χ1) is 6.60. The minimum Gasteiger partial charge on any atom is -0.367 e. The van der Waals surface area contributed by atoms with Gasteiger partial charge in [0.15, 0.2) is 0 Å². The minimum atomic E-state index is -0.345. The van der Waals surface area contributed by atoms with Crippen molar-refractivity contribution < 1.29 is 0 Å². The zero-order valence-electron chi connectivity index (χ0n) is 8.45. The lowest BCUT2D eigenvalue weighted by molar-refractivity contribution is 0.228. The van der Waals surface area contributed by atoms with Gasteiger partial charge in [-0.05, 0) is 18.8 Å². The zero-order chi connectivity index (χ0) is 10.2. The van der Waals surface area contributed by atoms with Gasteiger partial charge in [-0.15, -0.1) is 5.10 Å². The van der Waals surface area contributed by atoms with Crippen LogP contribution in [0.2, 0.25) is 0 Å². The molecule has 1 heterocycles. The molecule has 5 heteroatoms. The highest BCUT2D eigenvalue weighted by Gasteiger charge is 2.35. The van der Waals surface area contributed by atoms with Crippen molar-refractivity contribution in [2.45, 2.75) is 38.1 Å². The molecule has 0 aliphatic heterocycles. The average Bonchev–Trinajstić information content (AvgIpc) is 2.52. The maximum atomic E-state index is 6.29. The molecular formula is C9H17N5. The predicted molar refractivity (Wildman–Crippen MR) is 54.3 cm³/mol. The predicted octanol–water partition coefficient (Wildman–Crippen LogP) is 0.751. The van der Waals surface area contributed by atoms with Crippen LogP contribution in [0.3, 0.4) is 0 Å². The van der Waals surface area contributed by atoms with E-state index >= 15 is 0 Å². The van der Waals surface area contributed by atoms with E-state index in [-0.39, 0.29) is 11.5 Å². The number of rotatable bonds is 1. The summed E-state index contributed by atoms with van der Waals surface area (Å²) in [6.45, 7) is 2.22. The van der Waals surface area contributed by atoms with E-state index in [0.717, 1.165) is 25.1 Å². The molecule has 78 valence electrons. The van der Waals surface area contributed by atoms with Crippen LogP contribution < -0.4 is 11.5 Å². The molecule has 2 unspecified atom stereocenters. The van der Waals surface area contributed by atoms with E-state index in [0.29, 0.717) is 5.92 Å². The van der Waals surface area contributed by atoms with Crippen molar-refractivity contribution in [3.8, 4) is 0 Å².